The molecule has 1 unspecified atom stereocenters. The van der Waals surface area contributed by atoms with Gasteiger partial charge in [0.05, 0.1) is 5.54 Å². The topological polar surface area (TPSA) is 29.3 Å². The zero-order chi connectivity index (χ0) is 10.8. The lowest BCUT2D eigenvalue weighted by atomic mass is 9.90. The van der Waals surface area contributed by atoms with Gasteiger partial charge in [0.2, 0.25) is 0 Å². The molecular weight excluding hydrogens is 186 g/mol. The van der Waals surface area contributed by atoms with Crippen LogP contribution in [-0.4, -0.2) is 36.5 Å². The van der Waals surface area contributed by atoms with Gasteiger partial charge in [0.15, 0.2) is 0 Å². The van der Waals surface area contributed by atoms with Crippen molar-refractivity contribution in [2.24, 2.45) is 11.7 Å². The first-order chi connectivity index (χ1) is 6.44. The first-order valence-corrected chi connectivity index (χ1v) is 5.23. The highest BCUT2D eigenvalue weighted by Crippen LogP contribution is 2.25. The number of nitrogens with two attached hydrogens (primary N) is 1. The lowest BCUT2D eigenvalue weighted by Crippen LogP contribution is -2.59. The van der Waals surface area contributed by atoms with Crippen molar-refractivity contribution in [3.05, 3.63) is 0 Å². The number of alkyl halides is 2. The summed E-state index contributed by atoms with van der Waals surface area (Å²) in [6.45, 7) is 6.29. The van der Waals surface area contributed by atoms with Gasteiger partial charge in [0, 0.05) is 13.1 Å². The van der Waals surface area contributed by atoms with Gasteiger partial charge in [0.1, 0.15) is 0 Å². The number of hydrogen-bond acceptors (Lipinski definition) is 2. The van der Waals surface area contributed by atoms with Gasteiger partial charge in [-0.1, -0.05) is 13.8 Å². The summed E-state index contributed by atoms with van der Waals surface area (Å²) < 4.78 is 25.3. The Morgan fingerprint density at radius 1 is 1.43 bits per heavy atom. The van der Waals surface area contributed by atoms with Crippen LogP contribution in [0.15, 0.2) is 0 Å². The Kier molecular flexibility index (Phi) is 3.84. The van der Waals surface area contributed by atoms with Crippen molar-refractivity contribution in [1.29, 1.82) is 0 Å². The zero-order valence-electron chi connectivity index (χ0n) is 8.97. The third-order valence-corrected chi connectivity index (χ3v) is 2.69. The van der Waals surface area contributed by atoms with E-state index in [-0.39, 0.29) is 0 Å². The average molecular weight is 206 g/mol. The molecule has 14 heavy (non-hydrogen) atoms. The van der Waals surface area contributed by atoms with E-state index in [0.29, 0.717) is 18.9 Å². The number of rotatable bonds is 3. The molecule has 2 nitrogen and oxygen atoms in total. The fourth-order valence-corrected chi connectivity index (χ4v) is 2.06. The van der Waals surface area contributed by atoms with Crippen molar-refractivity contribution < 1.29 is 8.78 Å². The fourth-order valence-electron chi connectivity index (χ4n) is 2.06. The number of hydrogen-bond donors (Lipinski definition) is 1. The molecule has 4 heteroatoms. The predicted molar refractivity (Wildman–Crippen MR) is 53.4 cm³/mol. The molecule has 1 saturated heterocycles. The minimum Gasteiger partial charge on any atom is -0.319 e. The van der Waals surface area contributed by atoms with Crippen LogP contribution in [0.1, 0.15) is 26.7 Å². The Bertz CT molecular complexity index is 185. The molecule has 84 valence electrons. The molecule has 2 N–H and O–H groups in total. The Labute approximate surface area is 84.4 Å². The highest BCUT2D eigenvalue weighted by molar-refractivity contribution is 4.93. The molecular formula is C10H20F2N2. The maximum atomic E-state index is 12.7. The molecule has 0 bridgehead atoms. The molecule has 0 aromatic rings. The third kappa shape index (κ3) is 2.89. The first kappa shape index (κ1) is 11.9. The smallest absolute Gasteiger partial charge is 0.257 e. The van der Waals surface area contributed by atoms with Crippen LogP contribution in [0.2, 0.25) is 0 Å². The molecule has 1 atom stereocenters. The lowest BCUT2D eigenvalue weighted by molar-refractivity contribution is 0.00187. The van der Waals surface area contributed by atoms with Gasteiger partial charge in [-0.2, -0.15) is 0 Å². The summed E-state index contributed by atoms with van der Waals surface area (Å²) >= 11 is 0. The third-order valence-electron chi connectivity index (χ3n) is 2.69. The van der Waals surface area contributed by atoms with Crippen LogP contribution in [0, 0.1) is 5.92 Å². The van der Waals surface area contributed by atoms with Crippen molar-refractivity contribution in [2.75, 3.05) is 19.6 Å². The molecule has 1 aliphatic heterocycles. The first-order valence-electron chi connectivity index (χ1n) is 5.23. The van der Waals surface area contributed by atoms with Gasteiger partial charge in [-0.3, -0.25) is 0 Å². The number of nitrogens with zero attached hydrogens (tertiary/aromatic N) is 1. The Morgan fingerprint density at radius 3 is 2.57 bits per heavy atom. The summed E-state index contributed by atoms with van der Waals surface area (Å²) in [4.78, 5) is 2.06. The molecule has 1 rings (SSSR count). The van der Waals surface area contributed by atoms with Crippen molar-refractivity contribution in [3.8, 4) is 0 Å². The largest absolute Gasteiger partial charge is 0.319 e. The summed E-state index contributed by atoms with van der Waals surface area (Å²) in [5, 5.41) is 0. The second-order valence-electron chi connectivity index (χ2n) is 4.77. The van der Waals surface area contributed by atoms with Crippen molar-refractivity contribution >= 4 is 0 Å². The Hall–Kier alpha value is -0.220. The lowest BCUT2D eigenvalue weighted by Gasteiger charge is -2.40. The molecule has 1 heterocycles. The van der Waals surface area contributed by atoms with Crippen LogP contribution >= 0.6 is 0 Å². The van der Waals surface area contributed by atoms with E-state index in [9.17, 15) is 8.78 Å². The van der Waals surface area contributed by atoms with E-state index in [1.165, 1.54) is 0 Å². The van der Waals surface area contributed by atoms with Gasteiger partial charge in [-0.05, 0) is 25.3 Å². The van der Waals surface area contributed by atoms with E-state index in [1.54, 1.807) is 0 Å². The van der Waals surface area contributed by atoms with Gasteiger partial charge < -0.3 is 10.6 Å². The number of piperidine rings is 1. The summed E-state index contributed by atoms with van der Waals surface area (Å²) in [6, 6.07) is 0. The SMILES string of the molecule is CC(C)CN1CCCC(N)(C(F)F)C1. The molecule has 0 aromatic carbocycles. The molecule has 0 aromatic heterocycles. The second-order valence-corrected chi connectivity index (χ2v) is 4.77. The van der Waals surface area contributed by atoms with E-state index in [0.717, 1.165) is 19.5 Å². The van der Waals surface area contributed by atoms with Gasteiger partial charge in [-0.15, -0.1) is 0 Å². The molecule has 0 amide bonds. The van der Waals surface area contributed by atoms with Crippen molar-refractivity contribution in [2.45, 2.75) is 38.7 Å². The number of likely N-dealkylation sites (tertiary alicyclic amines) is 1. The van der Waals surface area contributed by atoms with Gasteiger partial charge in [-0.25, -0.2) is 8.78 Å². The highest BCUT2D eigenvalue weighted by atomic mass is 19.3. The van der Waals surface area contributed by atoms with Crippen molar-refractivity contribution in [1.82, 2.24) is 4.90 Å². The summed E-state index contributed by atoms with van der Waals surface area (Å²) in [5.74, 6) is 0.509. The molecule has 0 radical (unpaired) electrons. The Balaban J connectivity index is 2.51. The standard InChI is InChI=1S/C10H20F2N2/c1-8(2)6-14-5-3-4-10(13,7-14)9(11)12/h8-9H,3-7,13H2,1-2H3. The van der Waals surface area contributed by atoms with Gasteiger partial charge in [0.25, 0.3) is 6.43 Å². The van der Waals surface area contributed by atoms with Crippen molar-refractivity contribution in [3.63, 3.8) is 0 Å². The second kappa shape index (κ2) is 4.53. The highest BCUT2D eigenvalue weighted by Gasteiger charge is 2.39. The molecule has 0 aliphatic carbocycles. The van der Waals surface area contributed by atoms with E-state index >= 15 is 0 Å². The van der Waals surface area contributed by atoms with E-state index in [4.69, 9.17) is 5.73 Å². The maximum Gasteiger partial charge on any atom is 0.257 e. The van der Waals surface area contributed by atoms with Crippen LogP contribution in [0.25, 0.3) is 0 Å². The van der Waals surface area contributed by atoms with Gasteiger partial charge >= 0.3 is 0 Å². The quantitative estimate of drug-likeness (QED) is 0.761. The fraction of sp³-hybridized carbons (Fsp3) is 1.00. The minimum absolute atomic E-state index is 0.336. The monoisotopic (exact) mass is 206 g/mol. The summed E-state index contributed by atoms with van der Waals surface area (Å²) in [6.07, 6.45) is -1.18. The molecule has 1 fully saturated rings. The molecule has 0 saturated carbocycles. The van der Waals surface area contributed by atoms with E-state index in [1.807, 2.05) is 0 Å². The van der Waals surface area contributed by atoms with Crippen LogP contribution in [-0.2, 0) is 0 Å². The number of halogens is 2. The normalized spacial score (nSPS) is 30.2. The van der Waals surface area contributed by atoms with Crippen LogP contribution in [0.3, 0.4) is 0 Å². The van der Waals surface area contributed by atoms with Crippen LogP contribution in [0.5, 0.6) is 0 Å². The summed E-state index contributed by atoms with van der Waals surface area (Å²) in [5.41, 5.74) is 4.41. The van der Waals surface area contributed by atoms with Crippen LogP contribution in [0.4, 0.5) is 8.78 Å². The predicted octanol–water partition coefficient (Wildman–Crippen LogP) is 1.70. The maximum absolute atomic E-state index is 12.7. The average Bonchev–Trinajstić information content (AvgIpc) is 2.02. The Morgan fingerprint density at radius 2 is 2.07 bits per heavy atom. The minimum atomic E-state index is -2.41. The van der Waals surface area contributed by atoms with E-state index < -0.39 is 12.0 Å². The zero-order valence-corrected chi connectivity index (χ0v) is 8.97. The van der Waals surface area contributed by atoms with E-state index in [2.05, 4.69) is 18.7 Å². The molecule has 1 aliphatic rings. The molecule has 0 spiro atoms. The van der Waals surface area contributed by atoms with Crippen LogP contribution < -0.4 is 5.73 Å². The summed E-state index contributed by atoms with van der Waals surface area (Å²) in [7, 11) is 0.